The Morgan fingerprint density at radius 3 is 3.00 bits per heavy atom. The molecule has 1 unspecified atom stereocenters. The number of benzene rings is 1. The van der Waals surface area contributed by atoms with Gasteiger partial charge in [-0.15, -0.1) is 0 Å². The molecule has 4 heteroatoms. The van der Waals surface area contributed by atoms with Crippen molar-refractivity contribution in [1.82, 2.24) is 0 Å². The van der Waals surface area contributed by atoms with Crippen LogP contribution in [0.1, 0.15) is 25.3 Å². The van der Waals surface area contributed by atoms with Gasteiger partial charge in [0.2, 0.25) is 0 Å². The van der Waals surface area contributed by atoms with Crippen LogP contribution in [0.4, 0.5) is 5.69 Å². The zero-order valence-electron chi connectivity index (χ0n) is 9.82. The van der Waals surface area contributed by atoms with Crippen molar-refractivity contribution in [3.05, 3.63) is 28.2 Å². The molecule has 1 atom stereocenters. The van der Waals surface area contributed by atoms with E-state index in [2.05, 4.69) is 33.8 Å². The summed E-state index contributed by atoms with van der Waals surface area (Å²) in [6.07, 6.45) is 1.90. The Kier molecular flexibility index (Phi) is 3.72. The first-order valence-corrected chi connectivity index (χ1v) is 6.68. The van der Waals surface area contributed by atoms with Gasteiger partial charge in [0.25, 0.3) is 0 Å². The number of carbonyl (C=O) groups is 1. The van der Waals surface area contributed by atoms with Crippen LogP contribution in [-0.4, -0.2) is 23.7 Å². The topological polar surface area (TPSA) is 40.5 Å². The van der Waals surface area contributed by atoms with Crippen molar-refractivity contribution in [2.75, 3.05) is 11.4 Å². The summed E-state index contributed by atoms with van der Waals surface area (Å²) in [5.41, 5.74) is 2.56. The van der Waals surface area contributed by atoms with Crippen LogP contribution in [0.3, 0.4) is 0 Å². The summed E-state index contributed by atoms with van der Waals surface area (Å²) in [4.78, 5) is 13.0. The van der Waals surface area contributed by atoms with Crippen molar-refractivity contribution in [3.63, 3.8) is 0 Å². The minimum absolute atomic E-state index is 0.243. The Morgan fingerprint density at radius 1 is 1.59 bits per heavy atom. The van der Waals surface area contributed by atoms with Crippen molar-refractivity contribution < 1.29 is 9.90 Å². The lowest BCUT2D eigenvalue weighted by Crippen LogP contribution is -2.32. The van der Waals surface area contributed by atoms with E-state index in [4.69, 9.17) is 5.11 Å². The molecule has 0 saturated heterocycles. The zero-order chi connectivity index (χ0) is 12.4. The van der Waals surface area contributed by atoms with Crippen molar-refractivity contribution in [3.8, 4) is 0 Å². The number of rotatable bonds is 4. The predicted molar refractivity (Wildman–Crippen MR) is 71.5 cm³/mol. The van der Waals surface area contributed by atoms with Gasteiger partial charge in [-0.1, -0.05) is 22.0 Å². The molecule has 1 aromatic carbocycles. The van der Waals surface area contributed by atoms with Gasteiger partial charge in [0.1, 0.15) is 0 Å². The largest absolute Gasteiger partial charge is 0.481 e. The highest BCUT2D eigenvalue weighted by Crippen LogP contribution is 2.37. The summed E-state index contributed by atoms with van der Waals surface area (Å²) < 4.78 is 1.13. The summed E-state index contributed by atoms with van der Waals surface area (Å²) in [7, 11) is 0. The normalized spacial score (nSPS) is 18.2. The number of hydrogen-bond donors (Lipinski definition) is 1. The maximum absolute atomic E-state index is 10.7. The molecule has 3 nitrogen and oxygen atoms in total. The van der Waals surface area contributed by atoms with Crippen LogP contribution < -0.4 is 4.90 Å². The summed E-state index contributed by atoms with van der Waals surface area (Å²) in [6, 6.07) is 6.52. The first kappa shape index (κ1) is 12.4. The fourth-order valence-corrected chi connectivity index (χ4v) is 3.06. The Morgan fingerprint density at radius 2 is 2.35 bits per heavy atom. The molecule has 1 aliphatic rings. The van der Waals surface area contributed by atoms with E-state index in [0.717, 1.165) is 17.4 Å². The number of anilines is 1. The van der Waals surface area contributed by atoms with Gasteiger partial charge in [-0.3, -0.25) is 4.79 Å². The van der Waals surface area contributed by atoms with E-state index in [1.807, 2.05) is 12.1 Å². The summed E-state index contributed by atoms with van der Waals surface area (Å²) in [5, 5.41) is 8.78. The number of hydrogen-bond acceptors (Lipinski definition) is 2. The molecule has 1 N–H and O–H groups in total. The Labute approximate surface area is 110 Å². The van der Waals surface area contributed by atoms with Gasteiger partial charge >= 0.3 is 5.97 Å². The van der Waals surface area contributed by atoms with E-state index < -0.39 is 5.97 Å². The number of aliphatic carboxylic acids is 1. The lowest BCUT2D eigenvalue weighted by atomic mass is 10.1. The highest BCUT2D eigenvalue weighted by Gasteiger charge is 2.29. The van der Waals surface area contributed by atoms with Crippen LogP contribution in [0.5, 0.6) is 0 Å². The number of fused-ring (bicyclic) bond motifs is 1. The van der Waals surface area contributed by atoms with Crippen LogP contribution in [0.15, 0.2) is 22.7 Å². The quantitative estimate of drug-likeness (QED) is 0.928. The lowest BCUT2D eigenvalue weighted by Gasteiger charge is -2.25. The third-order valence-electron chi connectivity index (χ3n) is 3.32. The molecule has 0 spiro atoms. The SMILES string of the molecule is CCN1c2cccc(Br)c2CC1CCC(=O)O. The lowest BCUT2D eigenvalue weighted by molar-refractivity contribution is -0.137. The third kappa shape index (κ3) is 2.46. The molecule has 0 amide bonds. The molecule has 1 heterocycles. The van der Waals surface area contributed by atoms with Crippen molar-refractivity contribution in [2.24, 2.45) is 0 Å². The van der Waals surface area contributed by atoms with Gasteiger partial charge in [0.05, 0.1) is 0 Å². The highest BCUT2D eigenvalue weighted by atomic mass is 79.9. The van der Waals surface area contributed by atoms with E-state index in [9.17, 15) is 4.79 Å². The first-order valence-electron chi connectivity index (χ1n) is 5.89. The molecule has 2 rings (SSSR count). The molecular formula is C13H16BrNO2. The number of likely N-dealkylation sites (N-methyl/N-ethyl adjacent to an activating group) is 1. The van der Waals surface area contributed by atoms with Crippen LogP contribution >= 0.6 is 15.9 Å². The Balaban J connectivity index is 2.19. The average Bonchev–Trinajstić information content (AvgIpc) is 2.65. The molecule has 0 aliphatic carbocycles. The van der Waals surface area contributed by atoms with Crippen LogP contribution in [-0.2, 0) is 11.2 Å². The summed E-state index contributed by atoms with van der Waals surface area (Å²) in [5.74, 6) is -0.712. The Hall–Kier alpha value is -1.03. The third-order valence-corrected chi connectivity index (χ3v) is 4.06. The molecule has 92 valence electrons. The first-order chi connectivity index (χ1) is 8.13. The number of carboxylic acid groups (broad SMARTS) is 1. The average molecular weight is 298 g/mol. The highest BCUT2D eigenvalue weighted by molar-refractivity contribution is 9.10. The number of halogens is 1. The Bertz CT molecular complexity index is 433. The van der Waals surface area contributed by atoms with E-state index in [1.54, 1.807) is 0 Å². The minimum atomic E-state index is -0.712. The molecule has 0 radical (unpaired) electrons. The smallest absolute Gasteiger partial charge is 0.303 e. The molecule has 17 heavy (non-hydrogen) atoms. The predicted octanol–water partition coefficient (Wildman–Crippen LogP) is 3.06. The van der Waals surface area contributed by atoms with Crippen LogP contribution in [0, 0.1) is 0 Å². The number of carboxylic acids is 1. The maximum atomic E-state index is 10.7. The maximum Gasteiger partial charge on any atom is 0.303 e. The molecule has 0 fully saturated rings. The minimum Gasteiger partial charge on any atom is -0.481 e. The van der Waals surface area contributed by atoms with E-state index in [0.29, 0.717) is 12.5 Å². The molecule has 0 saturated carbocycles. The van der Waals surface area contributed by atoms with Gasteiger partial charge < -0.3 is 10.0 Å². The molecule has 1 aromatic rings. The standard InChI is InChI=1S/C13H16BrNO2/c1-2-15-9(6-7-13(16)17)8-10-11(14)4-3-5-12(10)15/h3-5,9H,2,6-8H2,1H3,(H,16,17). The van der Waals surface area contributed by atoms with E-state index in [-0.39, 0.29) is 6.42 Å². The molecule has 0 aromatic heterocycles. The van der Waals surface area contributed by atoms with Gasteiger partial charge in [-0.2, -0.15) is 0 Å². The molecule has 0 bridgehead atoms. The van der Waals surface area contributed by atoms with Crippen LogP contribution in [0.2, 0.25) is 0 Å². The van der Waals surface area contributed by atoms with E-state index >= 15 is 0 Å². The summed E-state index contributed by atoms with van der Waals surface area (Å²) >= 11 is 3.57. The second-order valence-corrected chi connectivity index (χ2v) is 5.17. The second kappa shape index (κ2) is 5.08. The van der Waals surface area contributed by atoms with Crippen LogP contribution in [0.25, 0.3) is 0 Å². The second-order valence-electron chi connectivity index (χ2n) is 4.31. The fourth-order valence-electron chi connectivity index (χ4n) is 2.54. The van der Waals surface area contributed by atoms with Crippen molar-refractivity contribution in [1.29, 1.82) is 0 Å². The van der Waals surface area contributed by atoms with Gasteiger partial charge in [-0.25, -0.2) is 0 Å². The van der Waals surface area contributed by atoms with E-state index in [1.165, 1.54) is 11.3 Å². The number of nitrogens with zero attached hydrogens (tertiary/aromatic N) is 1. The van der Waals surface area contributed by atoms with Gasteiger partial charge in [-0.05, 0) is 37.5 Å². The summed E-state index contributed by atoms with van der Waals surface area (Å²) in [6.45, 7) is 3.04. The fraction of sp³-hybridized carbons (Fsp3) is 0.462. The monoisotopic (exact) mass is 297 g/mol. The zero-order valence-corrected chi connectivity index (χ0v) is 11.4. The molecular weight excluding hydrogens is 282 g/mol. The van der Waals surface area contributed by atoms with Crippen molar-refractivity contribution >= 4 is 27.6 Å². The molecule has 1 aliphatic heterocycles. The van der Waals surface area contributed by atoms with Crippen molar-refractivity contribution in [2.45, 2.75) is 32.2 Å². The van der Waals surface area contributed by atoms with Gasteiger partial charge in [0, 0.05) is 29.2 Å². The van der Waals surface area contributed by atoms with Gasteiger partial charge in [0.15, 0.2) is 0 Å².